The lowest BCUT2D eigenvalue weighted by atomic mass is 10.00. The number of H-pyrrole nitrogens is 1. The van der Waals surface area contributed by atoms with Crippen molar-refractivity contribution in [1.82, 2.24) is 40.4 Å². The highest BCUT2D eigenvalue weighted by molar-refractivity contribution is 8.01. The number of carbonyl (C=O) groups excluding carboxylic acids is 3. The van der Waals surface area contributed by atoms with Crippen molar-refractivity contribution < 1.29 is 29.4 Å². The lowest BCUT2D eigenvalue weighted by Crippen LogP contribution is -2.71. The number of nitrogens with two attached hydrogens (primary N) is 1. The van der Waals surface area contributed by atoms with Gasteiger partial charge in [-0.05, 0) is 33.7 Å². The quantitative estimate of drug-likeness (QED) is 0.133. The van der Waals surface area contributed by atoms with Crippen LogP contribution in [0.5, 0.6) is 5.75 Å². The van der Waals surface area contributed by atoms with Gasteiger partial charge < -0.3 is 26.2 Å². The topological polar surface area (TPSA) is 246 Å². The maximum Gasteiger partial charge on any atom is 0.352 e. The standard InChI is InChI=1S/C25H27N11O7S2/c1-33(2)24-27-8-14(18(38)29-24)35(23(26)43)16(11-4-6-13(37)7-5-11)19(39)28-15-20(40)36-17(22(41)42)12(9-44-21(15)36)10-45-25-30-31-32-34(25)3/h4-8,15-16,21,37H,9-10H2,1-3H3,(H2,26,43)(H,28,39)(H,41,42)(H,27,29,38)/t15?,16?,21-/m0/s1. The number of phenols is 1. The van der Waals surface area contributed by atoms with Crippen LogP contribution in [0.15, 0.2) is 51.7 Å². The largest absolute Gasteiger partial charge is 0.508 e. The number of nitrogens with zero attached hydrogens (tertiary/aromatic N) is 8. The number of aromatic hydroxyl groups is 1. The highest BCUT2D eigenvalue weighted by atomic mass is 32.2. The van der Waals surface area contributed by atoms with Gasteiger partial charge in [-0.3, -0.25) is 29.2 Å². The molecule has 6 N–H and O–H groups in total. The van der Waals surface area contributed by atoms with Crippen LogP contribution in [0.4, 0.5) is 16.4 Å². The van der Waals surface area contributed by atoms with Crippen molar-refractivity contribution in [3.63, 3.8) is 0 Å². The second-order valence-electron chi connectivity index (χ2n) is 10.0. The van der Waals surface area contributed by atoms with Gasteiger partial charge in [-0.25, -0.2) is 19.3 Å². The average Bonchev–Trinajstić information content (AvgIpc) is 3.41. The van der Waals surface area contributed by atoms with Gasteiger partial charge in [-0.1, -0.05) is 23.9 Å². The number of aromatic amines is 1. The second-order valence-corrected chi connectivity index (χ2v) is 12.1. The summed E-state index contributed by atoms with van der Waals surface area (Å²) in [5.41, 5.74) is 5.03. The van der Waals surface area contributed by atoms with E-state index < -0.39 is 46.8 Å². The number of carboxylic acids is 1. The Bertz CT molecular complexity index is 1760. The van der Waals surface area contributed by atoms with Crippen LogP contribution in [0.1, 0.15) is 11.6 Å². The van der Waals surface area contributed by atoms with Crippen LogP contribution < -0.4 is 26.4 Å². The maximum atomic E-state index is 13.9. The summed E-state index contributed by atoms with van der Waals surface area (Å²) >= 11 is 2.47. The summed E-state index contributed by atoms with van der Waals surface area (Å²) in [5.74, 6) is -2.35. The SMILES string of the molecule is CN(C)c1ncc(N(C(N)=O)C(C(=O)NC2C(=O)N3C(C(=O)O)=C(CSc4nnnn4C)CS[C@@H]23)c2ccc(O)cc2)c(=O)[nH]1. The van der Waals surface area contributed by atoms with Crippen LogP contribution in [-0.4, -0.2) is 106 Å². The number of hydrogen-bond donors (Lipinski definition) is 5. The monoisotopic (exact) mass is 657 g/mol. The van der Waals surface area contributed by atoms with Gasteiger partial charge in [0.25, 0.3) is 11.5 Å². The Balaban J connectivity index is 1.43. The van der Waals surface area contributed by atoms with Crippen molar-refractivity contribution >= 4 is 59.0 Å². The molecule has 45 heavy (non-hydrogen) atoms. The summed E-state index contributed by atoms with van der Waals surface area (Å²) in [6.45, 7) is 0. The third-order valence-corrected chi connectivity index (χ3v) is 9.34. The zero-order chi connectivity index (χ0) is 32.6. The zero-order valence-electron chi connectivity index (χ0n) is 23.9. The van der Waals surface area contributed by atoms with Crippen molar-refractivity contribution in [1.29, 1.82) is 0 Å². The number of aromatic nitrogens is 6. The van der Waals surface area contributed by atoms with Gasteiger partial charge in [-0.15, -0.1) is 16.9 Å². The summed E-state index contributed by atoms with van der Waals surface area (Å²) in [5, 5.41) is 33.3. The molecule has 2 aliphatic rings. The average molecular weight is 658 g/mol. The van der Waals surface area contributed by atoms with E-state index in [1.54, 1.807) is 21.1 Å². The third-order valence-electron chi connectivity index (χ3n) is 6.91. The predicted molar refractivity (Wildman–Crippen MR) is 161 cm³/mol. The summed E-state index contributed by atoms with van der Waals surface area (Å²) in [6.07, 6.45) is 1.09. The number of carbonyl (C=O) groups is 4. The number of urea groups is 1. The first-order valence-corrected chi connectivity index (χ1v) is 15.1. The van der Waals surface area contributed by atoms with Crippen LogP contribution in [0.2, 0.25) is 0 Å². The lowest BCUT2D eigenvalue weighted by Gasteiger charge is -2.49. The van der Waals surface area contributed by atoms with Crippen LogP contribution >= 0.6 is 23.5 Å². The number of β-lactam (4-membered cyclic amide) rings is 1. The maximum absolute atomic E-state index is 13.9. The Hall–Kier alpha value is -5.11. The normalized spacial score (nSPS) is 18.1. The number of nitrogens with one attached hydrogen (secondary N) is 2. The second kappa shape index (κ2) is 12.5. The molecule has 0 aliphatic carbocycles. The third kappa shape index (κ3) is 6.00. The molecule has 5 rings (SSSR count). The Morgan fingerprint density at radius 1 is 1.24 bits per heavy atom. The number of aliphatic carboxylic acids is 1. The Kier molecular flexibility index (Phi) is 8.68. The number of amides is 4. The first-order chi connectivity index (χ1) is 21.4. The Labute approximate surface area is 262 Å². The van der Waals surface area contributed by atoms with Gasteiger partial charge in [0.05, 0.1) is 6.20 Å². The number of thioether (sulfide) groups is 2. The number of hydrogen-bond acceptors (Lipinski definition) is 13. The minimum Gasteiger partial charge on any atom is -0.508 e. The highest BCUT2D eigenvalue weighted by Gasteiger charge is 2.55. The zero-order valence-corrected chi connectivity index (χ0v) is 25.6. The van der Waals surface area contributed by atoms with Crippen LogP contribution in [0.3, 0.4) is 0 Å². The molecule has 4 heterocycles. The van der Waals surface area contributed by atoms with E-state index in [9.17, 15) is 34.2 Å². The molecule has 1 fully saturated rings. The molecule has 3 atom stereocenters. The van der Waals surface area contributed by atoms with Crippen molar-refractivity contribution in [3.05, 3.63) is 57.6 Å². The van der Waals surface area contributed by atoms with E-state index in [0.29, 0.717) is 10.7 Å². The molecule has 4 amide bonds. The van der Waals surface area contributed by atoms with Gasteiger partial charge in [0.1, 0.15) is 34.6 Å². The van der Waals surface area contributed by atoms with Crippen molar-refractivity contribution in [2.24, 2.45) is 12.8 Å². The molecular weight excluding hydrogens is 630 g/mol. The molecule has 2 aromatic heterocycles. The molecule has 1 aromatic carbocycles. The van der Waals surface area contributed by atoms with Crippen LogP contribution in [-0.2, 0) is 21.4 Å². The first-order valence-electron chi connectivity index (χ1n) is 13.1. The molecule has 20 heteroatoms. The Morgan fingerprint density at radius 2 is 1.96 bits per heavy atom. The summed E-state index contributed by atoms with van der Waals surface area (Å²) < 4.78 is 1.44. The number of rotatable bonds is 10. The molecule has 3 aromatic rings. The molecule has 1 saturated heterocycles. The number of anilines is 2. The minimum absolute atomic E-state index is 0.126. The van der Waals surface area contributed by atoms with E-state index in [-0.39, 0.29) is 40.2 Å². The summed E-state index contributed by atoms with van der Waals surface area (Å²) in [4.78, 5) is 75.4. The molecule has 236 valence electrons. The van der Waals surface area contributed by atoms with E-state index >= 15 is 0 Å². The molecule has 0 spiro atoms. The van der Waals surface area contributed by atoms with Gasteiger partial charge in [0.15, 0.2) is 0 Å². The van der Waals surface area contributed by atoms with Crippen LogP contribution in [0, 0.1) is 0 Å². The van der Waals surface area contributed by atoms with Gasteiger partial charge in [0.2, 0.25) is 17.0 Å². The van der Waals surface area contributed by atoms with E-state index in [2.05, 4.69) is 30.8 Å². The van der Waals surface area contributed by atoms with Crippen molar-refractivity contribution in [2.75, 3.05) is 35.4 Å². The summed E-state index contributed by atoms with van der Waals surface area (Å²) in [6, 6.07) is 1.37. The fourth-order valence-corrected chi connectivity index (χ4v) is 7.09. The number of benzene rings is 1. The number of tetrazole rings is 1. The fourth-order valence-electron chi connectivity index (χ4n) is 4.76. The van der Waals surface area contributed by atoms with Gasteiger partial charge in [0, 0.05) is 32.6 Å². The van der Waals surface area contributed by atoms with Gasteiger partial charge in [-0.2, -0.15) is 0 Å². The highest BCUT2D eigenvalue weighted by Crippen LogP contribution is 2.42. The van der Waals surface area contributed by atoms with Crippen molar-refractivity contribution in [3.8, 4) is 5.75 Å². The fraction of sp³-hybridized carbons (Fsp3) is 0.320. The van der Waals surface area contributed by atoms with E-state index in [4.69, 9.17) is 5.73 Å². The summed E-state index contributed by atoms with van der Waals surface area (Å²) in [7, 11) is 4.92. The molecule has 0 bridgehead atoms. The Morgan fingerprint density at radius 3 is 2.53 bits per heavy atom. The number of aryl methyl sites for hydroxylation is 1. The number of carboxylic acid groups (broad SMARTS) is 1. The number of primary amides is 1. The number of phenolic OH excluding ortho intramolecular Hbond substituents is 1. The number of fused-ring (bicyclic) bond motifs is 1. The van der Waals surface area contributed by atoms with E-state index in [1.807, 2.05) is 0 Å². The molecule has 2 aliphatic heterocycles. The minimum atomic E-state index is -1.58. The molecule has 0 saturated carbocycles. The predicted octanol–water partition coefficient (Wildman–Crippen LogP) is -0.778. The van der Waals surface area contributed by atoms with E-state index in [0.717, 1.165) is 16.0 Å². The molecule has 18 nitrogen and oxygen atoms in total. The van der Waals surface area contributed by atoms with Crippen LogP contribution in [0.25, 0.3) is 0 Å². The molecule has 0 radical (unpaired) electrons. The van der Waals surface area contributed by atoms with E-state index in [1.165, 1.54) is 57.4 Å². The lowest BCUT2D eigenvalue weighted by molar-refractivity contribution is -0.150. The molecule has 2 unspecified atom stereocenters. The first kappa shape index (κ1) is 31.3. The smallest absolute Gasteiger partial charge is 0.352 e. The van der Waals surface area contributed by atoms with Crippen molar-refractivity contribution in [2.45, 2.75) is 22.6 Å². The van der Waals surface area contributed by atoms with Gasteiger partial charge >= 0.3 is 12.0 Å². The molecular formula is C25H27N11O7S2.